The maximum Gasteiger partial charge on any atom is 0.347 e. The summed E-state index contributed by atoms with van der Waals surface area (Å²) in [4.78, 5) is 25.2. The Morgan fingerprint density at radius 1 is 0.955 bits per heavy atom. The summed E-state index contributed by atoms with van der Waals surface area (Å²) in [6.07, 6.45) is 9.16. The molecule has 1 aromatic rings. The summed E-state index contributed by atoms with van der Waals surface area (Å²) in [5.41, 5.74) is -0.317. The molecule has 0 radical (unpaired) electrons. The number of aromatic nitrogens is 3. The summed E-state index contributed by atoms with van der Waals surface area (Å²) in [6, 6.07) is 0.0500. The highest BCUT2D eigenvalue weighted by atomic mass is 32.2. The van der Waals surface area contributed by atoms with Crippen LogP contribution in [0.3, 0.4) is 0 Å². The summed E-state index contributed by atoms with van der Waals surface area (Å²) in [5, 5.41) is 0. The minimum absolute atomic E-state index is 0.0250. The second-order valence-corrected chi connectivity index (χ2v) is 9.62. The van der Waals surface area contributed by atoms with E-state index in [1.54, 1.807) is 16.4 Å². The van der Waals surface area contributed by atoms with Crippen molar-refractivity contribution in [2.24, 2.45) is 7.05 Å². The maximum atomic E-state index is 12.6. The van der Waals surface area contributed by atoms with Crippen molar-refractivity contribution in [3.8, 4) is 0 Å². The molecule has 5 nitrogen and oxygen atoms in total. The van der Waals surface area contributed by atoms with Crippen LogP contribution >= 0.6 is 23.5 Å². The smallest absolute Gasteiger partial charge is 0.246 e. The van der Waals surface area contributed by atoms with Crippen LogP contribution < -0.4 is 11.4 Å². The molecule has 4 atom stereocenters. The molecule has 2 fully saturated rings. The molecule has 2 bridgehead atoms. The lowest BCUT2D eigenvalue weighted by atomic mass is 9.70. The predicted octanol–water partition coefficient (Wildman–Crippen LogP) is 1.55. The molecule has 2 saturated heterocycles. The molecule has 0 N–H and O–H groups in total. The monoisotopic (exact) mass is 337 g/mol. The quantitative estimate of drug-likeness (QED) is 0.674. The van der Waals surface area contributed by atoms with Gasteiger partial charge in [0, 0.05) is 7.05 Å². The summed E-state index contributed by atoms with van der Waals surface area (Å²) in [5.74, 6) is 2.34. The highest BCUT2D eigenvalue weighted by molar-refractivity contribution is 8.05. The molecule has 5 heterocycles. The van der Waals surface area contributed by atoms with Crippen LogP contribution in [0.5, 0.6) is 0 Å². The zero-order chi connectivity index (χ0) is 15.1. The summed E-state index contributed by atoms with van der Waals surface area (Å²) < 4.78 is 4.97. The van der Waals surface area contributed by atoms with Gasteiger partial charge in [0.15, 0.2) is 0 Å². The van der Waals surface area contributed by atoms with Crippen LogP contribution in [-0.2, 0) is 7.05 Å². The summed E-state index contributed by atoms with van der Waals surface area (Å²) in [7, 11) is 1.60. The highest BCUT2D eigenvalue weighted by Gasteiger charge is 2.67. The average Bonchev–Trinajstić information content (AvgIpc) is 3.23. The first kappa shape index (κ1) is 13.6. The van der Waals surface area contributed by atoms with Gasteiger partial charge >= 0.3 is 11.4 Å². The van der Waals surface area contributed by atoms with Crippen LogP contribution in [-0.4, -0.2) is 34.9 Å². The lowest BCUT2D eigenvalue weighted by molar-refractivity contribution is 0.144. The maximum absolute atomic E-state index is 12.6. The van der Waals surface area contributed by atoms with Crippen molar-refractivity contribution in [1.82, 2.24) is 13.9 Å². The zero-order valence-electron chi connectivity index (χ0n) is 12.5. The molecule has 5 aliphatic rings. The largest absolute Gasteiger partial charge is 0.347 e. The van der Waals surface area contributed by atoms with Crippen LogP contribution in [0.2, 0.25) is 0 Å². The van der Waals surface area contributed by atoms with Crippen LogP contribution in [0.15, 0.2) is 21.7 Å². The molecule has 1 aliphatic carbocycles. The fraction of sp³-hybridized carbons (Fsp3) is 0.733. The molecular weight excluding hydrogens is 318 g/mol. The molecular formula is C15H19N3O2S2. The highest BCUT2D eigenvalue weighted by Crippen LogP contribution is 2.68. The Morgan fingerprint density at radius 2 is 1.41 bits per heavy atom. The van der Waals surface area contributed by atoms with Crippen molar-refractivity contribution in [2.45, 2.75) is 47.3 Å². The van der Waals surface area contributed by atoms with Gasteiger partial charge in [-0.25, -0.2) is 23.5 Å². The Morgan fingerprint density at radius 3 is 1.77 bits per heavy atom. The Labute approximate surface area is 136 Å². The van der Waals surface area contributed by atoms with Gasteiger partial charge in [-0.15, -0.1) is 0 Å². The third-order valence-electron chi connectivity index (χ3n) is 5.98. The second kappa shape index (κ2) is 4.17. The lowest BCUT2D eigenvalue weighted by Gasteiger charge is -2.58. The van der Waals surface area contributed by atoms with Gasteiger partial charge < -0.3 is 0 Å². The molecule has 4 aliphatic heterocycles. The summed E-state index contributed by atoms with van der Waals surface area (Å²) >= 11 is 4.11. The Bertz CT molecular complexity index is 727. The molecule has 22 heavy (non-hydrogen) atoms. The predicted molar refractivity (Wildman–Crippen MR) is 90.0 cm³/mol. The van der Waals surface area contributed by atoms with Crippen molar-refractivity contribution in [3.05, 3.63) is 33.1 Å². The molecule has 0 saturated carbocycles. The molecule has 0 amide bonds. The number of hydrogen-bond acceptors (Lipinski definition) is 4. The van der Waals surface area contributed by atoms with Crippen molar-refractivity contribution in [1.29, 1.82) is 0 Å². The van der Waals surface area contributed by atoms with Crippen molar-refractivity contribution >= 4 is 23.5 Å². The number of rotatable bonds is 0. The number of hydrogen-bond donors (Lipinski definition) is 0. The Hall–Kier alpha value is -0.820. The van der Waals surface area contributed by atoms with Gasteiger partial charge in [-0.05, 0) is 37.2 Å². The lowest BCUT2D eigenvalue weighted by Crippen LogP contribution is -2.65. The third-order valence-corrected chi connectivity index (χ3v) is 9.74. The van der Waals surface area contributed by atoms with Gasteiger partial charge in [-0.1, -0.05) is 12.2 Å². The van der Waals surface area contributed by atoms with E-state index in [4.69, 9.17) is 0 Å². The van der Waals surface area contributed by atoms with Crippen LogP contribution in [0.25, 0.3) is 0 Å². The van der Waals surface area contributed by atoms with Gasteiger partial charge in [0.25, 0.3) is 0 Å². The van der Waals surface area contributed by atoms with E-state index < -0.39 is 0 Å². The van der Waals surface area contributed by atoms with Crippen LogP contribution in [0.1, 0.15) is 37.8 Å². The molecule has 6 rings (SSSR count). The zero-order valence-corrected chi connectivity index (χ0v) is 14.2. The normalized spacial score (nSPS) is 41.9. The first-order valence-corrected chi connectivity index (χ1v) is 9.96. The van der Waals surface area contributed by atoms with Crippen molar-refractivity contribution < 1.29 is 0 Å². The third kappa shape index (κ3) is 1.25. The summed E-state index contributed by atoms with van der Waals surface area (Å²) in [6.45, 7) is 0. The molecule has 118 valence electrons. The van der Waals surface area contributed by atoms with Crippen molar-refractivity contribution in [3.63, 3.8) is 0 Å². The van der Waals surface area contributed by atoms with E-state index in [9.17, 15) is 9.59 Å². The average molecular weight is 337 g/mol. The Balaban J connectivity index is 1.87. The van der Waals surface area contributed by atoms with E-state index in [0.29, 0.717) is 0 Å². The topological polar surface area (TPSA) is 48.9 Å². The van der Waals surface area contributed by atoms with E-state index in [1.165, 1.54) is 28.9 Å². The number of thioether (sulfide) groups is 2. The second-order valence-electron chi connectivity index (χ2n) is 6.77. The molecule has 0 unspecified atom stereocenters. The van der Waals surface area contributed by atoms with Gasteiger partial charge in [0.2, 0.25) is 0 Å². The van der Waals surface area contributed by atoms with E-state index in [1.807, 2.05) is 0 Å². The van der Waals surface area contributed by atoms with Crippen LogP contribution in [0, 0.1) is 0 Å². The molecule has 7 heteroatoms. The SMILES string of the molecule is Cn1c(=O)n2n(c1=O)[C@@H]1C=C[C@H]2[C@]2(CCCS2)[C@]12CCCS2. The van der Waals surface area contributed by atoms with E-state index >= 15 is 0 Å². The van der Waals surface area contributed by atoms with Gasteiger partial charge in [0.1, 0.15) is 0 Å². The molecule has 0 aromatic carbocycles. The fourth-order valence-electron chi connectivity index (χ4n) is 5.12. The van der Waals surface area contributed by atoms with E-state index in [2.05, 4.69) is 35.7 Å². The Kier molecular flexibility index (Phi) is 2.58. The standard InChI is InChI=1S/C15H19N3O2S2/c1-16-12(19)17-10-4-5-11(18(17)13(16)20)15(7-3-9-22-15)14(10)6-2-8-21-14/h4-5,10-11H,2-3,6-9H2,1H3/t10-,11+,14+,15-. The first-order chi connectivity index (χ1) is 10.6. The fourth-order valence-corrected chi connectivity index (χ4v) is 8.99. The van der Waals surface area contributed by atoms with Gasteiger partial charge in [0.05, 0.1) is 21.6 Å². The van der Waals surface area contributed by atoms with Crippen LogP contribution in [0.4, 0.5) is 0 Å². The minimum Gasteiger partial charge on any atom is -0.246 e. The number of nitrogens with zero attached hydrogens (tertiary/aromatic N) is 3. The van der Waals surface area contributed by atoms with Crippen molar-refractivity contribution in [2.75, 3.05) is 11.5 Å². The van der Waals surface area contributed by atoms with E-state index in [-0.39, 0.29) is 33.0 Å². The molecule has 2 spiro atoms. The number of allylic oxidation sites excluding steroid dienone is 2. The first-order valence-electron chi connectivity index (χ1n) is 7.99. The minimum atomic E-state index is -0.158. The van der Waals surface area contributed by atoms with E-state index in [0.717, 1.165) is 12.8 Å². The van der Waals surface area contributed by atoms with Gasteiger partial charge in [-0.3, -0.25) is 0 Å². The van der Waals surface area contributed by atoms with Gasteiger partial charge in [-0.2, -0.15) is 23.5 Å². The molecule has 1 aromatic heterocycles.